The van der Waals surface area contributed by atoms with Gasteiger partial charge in [0, 0.05) is 26.2 Å². The summed E-state index contributed by atoms with van der Waals surface area (Å²) in [5.74, 6) is 0.517. The molecule has 1 aromatic carbocycles. The van der Waals surface area contributed by atoms with E-state index in [-0.39, 0.29) is 17.8 Å². The molecule has 2 fully saturated rings. The molecule has 28 heavy (non-hydrogen) atoms. The molecule has 0 unspecified atom stereocenters. The number of halogens is 1. The van der Waals surface area contributed by atoms with Crippen molar-refractivity contribution < 1.29 is 18.4 Å². The largest absolute Gasteiger partial charge is 0.467 e. The van der Waals surface area contributed by atoms with Crippen molar-refractivity contribution in [2.24, 2.45) is 5.41 Å². The first-order chi connectivity index (χ1) is 13.6. The summed E-state index contributed by atoms with van der Waals surface area (Å²) in [6.07, 6.45) is 3.96. The summed E-state index contributed by atoms with van der Waals surface area (Å²) < 4.78 is 18.4. The molecule has 2 aliphatic rings. The molecule has 148 valence electrons. The molecule has 0 bridgehead atoms. The van der Waals surface area contributed by atoms with Crippen LogP contribution in [0.25, 0.3) is 0 Å². The smallest absolute Gasteiger partial charge is 0.317 e. The maximum Gasteiger partial charge on any atom is 0.317 e. The van der Waals surface area contributed by atoms with Crippen LogP contribution in [0.3, 0.4) is 0 Å². The molecule has 6 nitrogen and oxygen atoms in total. The maximum absolute atomic E-state index is 13.2. The van der Waals surface area contributed by atoms with Gasteiger partial charge in [0.2, 0.25) is 5.91 Å². The van der Waals surface area contributed by atoms with Crippen molar-refractivity contribution in [2.45, 2.75) is 32.4 Å². The molecule has 1 N–H and O–H groups in total. The number of carbonyl (C=O) groups excluding carboxylic acids is 2. The number of urea groups is 1. The second kappa shape index (κ2) is 7.66. The summed E-state index contributed by atoms with van der Waals surface area (Å²) >= 11 is 0. The third-order valence-electron chi connectivity index (χ3n) is 5.75. The third kappa shape index (κ3) is 3.74. The number of amides is 3. The van der Waals surface area contributed by atoms with Crippen molar-refractivity contribution in [3.8, 4) is 0 Å². The number of nitrogens with zero attached hydrogens (tertiary/aromatic N) is 2. The predicted molar refractivity (Wildman–Crippen MR) is 101 cm³/mol. The molecule has 3 amide bonds. The van der Waals surface area contributed by atoms with Gasteiger partial charge < -0.3 is 19.5 Å². The quantitative estimate of drug-likeness (QED) is 0.879. The van der Waals surface area contributed by atoms with Crippen LogP contribution in [0.4, 0.5) is 9.18 Å². The summed E-state index contributed by atoms with van der Waals surface area (Å²) in [5.41, 5.74) is 0.415. The molecule has 2 saturated heterocycles. The highest BCUT2D eigenvalue weighted by molar-refractivity contribution is 5.85. The van der Waals surface area contributed by atoms with Crippen molar-refractivity contribution in [2.75, 3.05) is 19.6 Å². The minimum absolute atomic E-state index is 0.101. The van der Waals surface area contributed by atoms with E-state index >= 15 is 0 Å². The average Bonchev–Trinajstić information content (AvgIpc) is 3.36. The van der Waals surface area contributed by atoms with E-state index in [4.69, 9.17) is 4.42 Å². The van der Waals surface area contributed by atoms with E-state index in [9.17, 15) is 14.0 Å². The van der Waals surface area contributed by atoms with Gasteiger partial charge in [-0.3, -0.25) is 4.79 Å². The molecule has 0 aliphatic carbocycles. The second-order valence-electron chi connectivity index (χ2n) is 7.65. The highest BCUT2D eigenvalue weighted by atomic mass is 19.1. The number of likely N-dealkylation sites (tertiary alicyclic amines) is 2. The fourth-order valence-corrected chi connectivity index (χ4v) is 4.23. The van der Waals surface area contributed by atoms with E-state index < -0.39 is 5.41 Å². The van der Waals surface area contributed by atoms with E-state index in [1.807, 2.05) is 11.0 Å². The molecule has 4 rings (SSSR count). The Hall–Kier alpha value is -2.83. The van der Waals surface area contributed by atoms with E-state index in [1.54, 1.807) is 29.4 Å². The van der Waals surface area contributed by atoms with Crippen molar-refractivity contribution in [1.29, 1.82) is 0 Å². The van der Waals surface area contributed by atoms with Crippen LogP contribution in [0.1, 0.15) is 30.6 Å². The normalized spacial score (nSPS) is 22.1. The molecule has 2 aliphatic heterocycles. The number of carbonyl (C=O) groups is 2. The summed E-state index contributed by atoms with van der Waals surface area (Å²) in [5, 5.41) is 2.85. The third-order valence-corrected chi connectivity index (χ3v) is 5.75. The molecule has 0 radical (unpaired) electrons. The Morgan fingerprint density at radius 3 is 2.75 bits per heavy atom. The minimum Gasteiger partial charge on any atom is -0.467 e. The monoisotopic (exact) mass is 385 g/mol. The SMILES string of the molecule is O=C(NCc1ccco1)N1CC[C@@]2(CCCN(Cc3ccc(F)cc3)C2=O)C1. The fraction of sp³-hybridized carbons (Fsp3) is 0.429. The van der Waals surface area contributed by atoms with E-state index in [0.29, 0.717) is 44.9 Å². The number of piperidine rings is 1. The van der Waals surface area contributed by atoms with Crippen molar-refractivity contribution in [3.63, 3.8) is 0 Å². The van der Waals surface area contributed by atoms with Gasteiger partial charge in [-0.2, -0.15) is 0 Å². The van der Waals surface area contributed by atoms with Gasteiger partial charge >= 0.3 is 6.03 Å². The molecule has 1 aromatic heterocycles. The van der Waals surface area contributed by atoms with Crippen molar-refractivity contribution in [1.82, 2.24) is 15.1 Å². The fourth-order valence-electron chi connectivity index (χ4n) is 4.23. The first-order valence-corrected chi connectivity index (χ1v) is 9.65. The number of benzene rings is 1. The van der Waals surface area contributed by atoms with Crippen LogP contribution >= 0.6 is 0 Å². The molecule has 0 saturated carbocycles. The summed E-state index contributed by atoms with van der Waals surface area (Å²) in [4.78, 5) is 29.3. The average molecular weight is 385 g/mol. The van der Waals surface area contributed by atoms with Gasteiger partial charge in [0.1, 0.15) is 11.6 Å². The topological polar surface area (TPSA) is 65.8 Å². The van der Waals surface area contributed by atoms with Crippen LogP contribution in [0, 0.1) is 11.2 Å². The van der Waals surface area contributed by atoms with Gasteiger partial charge in [-0.25, -0.2) is 9.18 Å². The van der Waals surface area contributed by atoms with Gasteiger partial charge in [0.15, 0.2) is 0 Å². The first-order valence-electron chi connectivity index (χ1n) is 9.65. The lowest BCUT2D eigenvalue weighted by Gasteiger charge is -2.39. The molecular weight excluding hydrogens is 361 g/mol. The predicted octanol–water partition coefficient (Wildman–Crippen LogP) is 3.14. The molecule has 2 aromatic rings. The number of nitrogens with one attached hydrogen (secondary N) is 1. The molecule has 1 atom stereocenters. The zero-order chi connectivity index (χ0) is 19.6. The van der Waals surface area contributed by atoms with E-state index in [2.05, 4.69) is 5.32 Å². The number of furan rings is 1. The Kier molecular flexibility index (Phi) is 5.07. The summed E-state index contributed by atoms with van der Waals surface area (Å²) in [6, 6.07) is 9.68. The molecule has 7 heteroatoms. The number of rotatable bonds is 4. The summed E-state index contributed by atoms with van der Waals surface area (Å²) in [6.45, 7) is 2.52. The van der Waals surface area contributed by atoms with Gasteiger partial charge in [0.25, 0.3) is 0 Å². The Morgan fingerprint density at radius 2 is 2.00 bits per heavy atom. The molecule has 1 spiro atoms. The van der Waals surface area contributed by atoms with Crippen LogP contribution in [0.15, 0.2) is 47.1 Å². The molecule has 3 heterocycles. The van der Waals surface area contributed by atoms with Gasteiger partial charge in [0.05, 0.1) is 18.2 Å². The van der Waals surface area contributed by atoms with E-state index in [0.717, 1.165) is 18.4 Å². The Morgan fingerprint density at radius 1 is 1.18 bits per heavy atom. The number of hydrogen-bond donors (Lipinski definition) is 1. The van der Waals surface area contributed by atoms with Crippen LogP contribution in [0.2, 0.25) is 0 Å². The standard InChI is InChI=1S/C21H24FN3O3/c22-17-6-4-16(5-7-17)14-24-10-2-8-21(19(24)26)9-11-25(15-21)20(27)23-13-18-3-1-12-28-18/h1,3-7,12H,2,8-11,13-15H2,(H,23,27)/t21-/m0/s1. The maximum atomic E-state index is 13.2. The van der Waals surface area contributed by atoms with Gasteiger partial charge in [-0.15, -0.1) is 0 Å². The lowest BCUT2D eigenvalue weighted by Crippen LogP contribution is -2.50. The zero-order valence-electron chi connectivity index (χ0n) is 15.7. The van der Waals surface area contributed by atoms with Gasteiger partial charge in [-0.1, -0.05) is 12.1 Å². The highest BCUT2D eigenvalue weighted by Gasteiger charge is 2.49. The van der Waals surface area contributed by atoms with E-state index in [1.165, 1.54) is 12.1 Å². The Bertz CT molecular complexity index is 837. The van der Waals surface area contributed by atoms with Crippen molar-refractivity contribution >= 4 is 11.9 Å². The first kappa shape index (κ1) is 18.5. The van der Waals surface area contributed by atoms with Crippen LogP contribution in [0.5, 0.6) is 0 Å². The zero-order valence-corrected chi connectivity index (χ0v) is 15.7. The Labute approximate surface area is 163 Å². The summed E-state index contributed by atoms with van der Waals surface area (Å²) in [7, 11) is 0. The Balaban J connectivity index is 1.38. The van der Waals surface area contributed by atoms with Gasteiger partial charge in [-0.05, 0) is 49.1 Å². The highest BCUT2D eigenvalue weighted by Crippen LogP contribution is 2.40. The molecular formula is C21H24FN3O3. The van der Waals surface area contributed by atoms with Crippen LogP contribution < -0.4 is 5.32 Å². The van der Waals surface area contributed by atoms with Crippen LogP contribution in [-0.2, 0) is 17.9 Å². The lowest BCUT2D eigenvalue weighted by molar-refractivity contribution is -0.146. The number of hydrogen-bond acceptors (Lipinski definition) is 3. The van der Waals surface area contributed by atoms with Crippen molar-refractivity contribution in [3.05, 3.63) is 59.8 Å². The lowest BCUT2D eigenvalue weighted by atomic mass is 9.78. The second-order valence-corrected chi connectivity index (χ2v) is 7.65. The van der Waals surface area contributed by atoms with Crippen LogP contribution in [-0.4, -0.2) is 41.4 Å². The minimum atomic E-state index is -0.500.